The second-order valence-electron chi connectivity index (χ2n) is 7.86. The largest absolute Gasteiger partial charge is 0.443 e. The predicted octanol–water partition coefficient (Wildman–Crippen LogP) is 5.35. The Morgan fingerprint density at radius 3 is 3.07 bits per heavy atom. The highest BCUT2D eigenvalue weighted by molar-refractivity contribution is 6.30. The molecular weight excluding hydrogens is 400 g/mol. The number of carbonyl (C=O) groups is 1. The Kier molecular flexibility index (Phi) is 6.53. The van der Waals surface area contributed by atoms with E-state index >= 15 is 0 Å². The van der Waals surface area contributed by atoms with Crippen LogP contribution in [0.5, 0.6) is 0 Å². The van der Waals surface area contributed by atoms with Gasteiger partial charge in [0.2, 0.25) is 5.89 Å². The Morgan fingerprint density at radius 1 is 1.33 bits per heavy atom. The number of halogens is 1. The summed E-state index contributed by atoms with van der Waals surface area (Å²) in [4.78, 5) is 19.5. The van der Waals surface area contributed by atoms with Crippen LogP contribution in [0.4, 0.5) is 0 Å². The third-order valence-corrected chi connectivity index (χ3v) is 5.77. The summed E-state index contributed by atoms with van der Waals surface area (Å²) in [5.74, 6) is 1.31. The summed E-state index contributed by atoms with van der Waals surface area (Å²) in [5.41, 5.74) is 2.55. The third kappa shape index (κ3) is 4.75. The molecule has 3 aromatic rings. The van der Waals surface area contributed by atoms with Gasteiger partial charge in [-0.2, -0.15) is 5.10 Å². The number of unbranched alkanes of at least 4 members (excludes halogenated alkanes) is 1. The van der Waals surface area contributed by atoms with Crippen LogP contribution in [0.25, 0.3) is 0 Å². The van der Waals surface area contributed by atoms with Crippen molar-refractivity contribution in [3.63, 3.8) is 0 Å². The molecule has 0 bridgehead atoms. The second-order valence-corrected chi connectivity index (χ2v) is 8.30. The number of H-pyrrole nitrogens is 1. The number of carbonyl (C=O) groups excluding carboxylic acids is 1. The van der Waals surface area contributed by atoms with Crippen LogP contribution >= 0.6 is 11.6 Å². The van der Waals surface area contributed by atoms with Crippen LogP contribution in [0.1, 0.15) is 78.5 Å². The van der Waals surface area contributed by atoms with Gasteiger partial charge in [-0.3, -0.25) is 9.89 Å². The molecule has 4 rings (SSSR count). The highest BCUT2D eigenvalue weighted by atomic mass is 35.5. The molecule has 0 unspecified atom stereocenters. The van der Waals surface area contributed by atoms with Crippen molar-refractivity contribution in [3.8, 4) is 0 Å². The van der Waals surface area contributed by atoms with Crippen molar-refractivity contribution in [3.05, 3.63) is 70.2 Å². The lowest BCUT2D eigenvalue weighted by molar-refractivity contribution is 0.0564. The van der Waals surface area contributed by atoms with E-state index in [4.69, 9.17) is 16.0 Å². The monoisotopic (exact) mass is 426 g/mol. The van der Waals surface area contributed by atoms with Crippen LogP contribution in [-0.4, -0.2) is 32.5 Å². The van der Waals surface area contributed by atoms with Gasteiger partial charge >= 0.3 is 0 Å². The minimum Gasteiger partial charge on any atom is -0.443 e. The van der Waals surface area contributed by atoms with Gasteiger partial charge in [0.15, 0.2) is 0 Å². The summed E-state index contributed by atoms with van der Waals surface area (Å²) in [6, 6.07) is 9.44. The zero-order valence-electron chi connectivity index (χ0n) is 17.2. The minimum atomic E-state index is -0.157. The minimum absolute atomic E-state index is 0.0618. The number of nitrogens with zero attached hydrogens (tertiary/aromatic N) is 3. The zero-order valence-corrected chi connectivity index (χ0v) is 18.0. The number of aromatic amines is 1. The van der Waals surface area contributed by atoms with Crippen LogP contribution in [0.2, 0.25) is 5.02 Å². The molecule has 1 atom stereocenters. The summed E-state index contributed by atoms with van der Waals surface area (Å²) in [6.45, 7) is 2.84. The van der Waals surface area contributed by atoms with E-state index in [0.717, 1.165) is 55.5 Å². The van der Waals surface area contributed by atoms with Crippen LogP contribution < -0.4 is 0 Å². The normalized spacial score (nSPS) is 16.7. The fourth-order valence-corrected chi connectivity index (χ4v) is 4.16. The number of nitrogens with one attached hydrogen (secondary N) is 1. The average Bonchev–Trinajstić information content (AvgIpc) is 3.41. The zero-order chi connectivity index (χ0) is 20.9. The topological polar surface area (TPSA) is 75.0 Å². The van der Waals surface area contributed by atoms with Crippen molar-refractivity contribution in [1.29, 1.82) is 0 Å². The molecule has 3 heterocycles. The summed E-state index contributed by atoms with van der Waals surface area (Å²) < 4.78 is 6.07. The Hall–Kier alpha value is -2.60. The van der Waals surface area contributed by atoms with Gasteiger partial charge in [0.1, 0.15) is 17.5 Å². The highest BCUT2D eigenvalue weighted by Crippen LogP contribution is 2.32. The van der Waals surface area contributed by atoms with E-state index in [0.29, 0.717) is 29.6 Å². The predicted molar refractivity (Wildman–Crippen MR) is 116 cm³/mol. The number of hydrogen-bond donors (Lipinski definition) is 1. The Labute approximate surface area is 181 Å². The molecule has 158 valence electrons. The highest BCUT2D eigenvalue weighted by Gasteiger charge is 2.33. The molecule has 2 aromatic heterocycles. The van der Waals surface area contributed by atoms with Crippen molar-refractivity contribution in [2.75, 3.05) is 6.54 Å². The molecule has 7 heteroatoms. The molecule has 6 nitrogen and oxygen atoms in total. The Balaban J connectivity index is 1.49. The number of aromatic nitrogens is 3. The number of benzene rings is 1. The van der Waals surface area contributed by atoms with Gasteiger partial charge in [-0.1, -0.05) is 37.1 Å². The molecule has 1 aliphatic rings. The van der Waals surface area contributed by atoms with Crippen molar-refractivity contribution in [1.82, 2.24) is 20.1 Å². The number of rotatable bonds is 7. The SMILES string of the molecule is CCCCc1cc(C(=O)N2CCCC[C@@H]2c2ncc(Cc3cccc(Cl)c3)o2)n[nH]1. The number of likely N-dealkylation sites (tertiary alicyclic amines) is 1. The Morgan fingerprint density at radius 2 is 2.23 bits per heavy atom. The van der Waals surface area contributed by atoms with E-state index in [1.54, 1.807) is 6.20 Å². The lowest BCUT2D eigenvalue weighted by Gasteiger charge is -2.33. The molecule has 1 fully saturated rings. The molecule has 1 saturated heterocycles. The molecule has 1 aliphatic heterocycles. The maximum Gasteiger partial charge on any atom is 0.275 e. The molecule has 0 aliphatic carbocycles. The first kappa shape index (κ1) is 20.7. The average molecular weight is 427 g/mol. The van der Waals surface area contributed by atoms with Gasteiger partial charge in [-0.25, -0.2) is 4.98 Å². The molecule has 0 spiro atoms. The van der Waals surface area contributed by atoms with Crippen molar-refractivity contribution < 1.29 is 9.21 Å². The van der Waals surface area contributed by atoms with E-state index in [1.165, 1.54) is 0 Å². The lowest BCUT2D eigenvalue weighted by atomic mass is 10.0. The van der Waals surface area contributed by atoms with E-state index < -0.39 is 0 Å². The number of amides is 1. The van der Waals surface area contributed by atoms with Crippen LogP contribution in [0.3, 0.4) is 0 Å². The standard InChI is InChI=1S/C23H27ClN4O2/c1-2-3-9-18-14-20(27-26-18)23(29)28-11-5-4-10-21(28)22-25-15-19(30-22)13-16-7-6-8-17(24)12-16/h6-8,12,14-15,21H,2-5,9-11,13H2,1H3,(H,26,27)/t21-/m1/s1. The third-order valence-electron chi connectivity index (χ3n) is 5.54. The van der Waals surface area contributed by atoms with E-state index in [9.17, 15) is 4.79 Å². The maximum atomic E-state index is 13.2. The van der Waals surface area contributed by atoms with Gasteiger partial charge in [0, 0.05) is 23.7 Å². The molecular formula is C23H27ClN4O2. The quantitative estimate of drug-likeness (QED) is 0.552. The summed E-state index contributed by atoms with van der Waals surface area (Å²) in [5, 5.41) is 7.97. The van der Waals surface area contributed by atoms with Gasteiger partial charge < -0.3 is 9.32 Å². The summed E-state index contributed by atoms with van der Waals surface area (Å²) >= 11 is 6.08. The van der Waals surface area contributed by atoms with Crippen LogP contribution in [0, 0.1) is 0 Å². The van der Waals surface area contributed by atoms with Gasteiger partial charge in [-0.05, 0) is 55.9 Å². The number of oxazole rings is 1. The number of hydrogen-bond acceptors (Lipinski definition) is 4. The maximum absolute atomic E-state index is 13.2. The Bertz CT molecular complexity index is 997. The van der Waals surface area contributed by atoms with Crippen LogP contribution in [-0.2, 0) is 12.8 Å². The summed E-state index contributed by atoms with van der Waals surface area (Å²) in [7, 11) is 0. The van der Waals surface area contributed by atoms with Crippen molar-refractivity contribution in [2.45, 2.75) is 57.9 Å². The number of piperidine rings is 1. The molecule has 1 N–H and O–H groups in total. The first-order valence-corrected chi connectivity index (χ1v) is 11.1. The molecule has 1 amide bonds. The molecule has 30 heavy (non-hydrogen) atoms. The van der Waals surface area contributed by atoms with E-state index in [1.807, 2.05) is 35.2 Å². The molecule has 1 aromatic carbocycles. The fourth-order valence-electron chi connectivity index (χ4n) is 3.95. The van der Waals surface area contributed by atoms with Crippen molar-refractivity contribution >= 4 is 17.5 Å². The fraction of sp³-hybridized carbons (Fsp3) is 0.435. The van der Waals surface area contributed by atoms with Crippen LogP contribution in [0.15, 0.2) is 40.9 Å². The van der Waals surface area contributed by atoms with Gasteiger partial charge in [0.25, 0.3) is 5.91 Å². The second kappa shape index (κ2) is 9.47. The van der Waals surface area contributed by atoms with Gasteiger partial charge in [-0.15, -0.1) is 0 Å². The van der Waals surface area contributed by atoms with Crippen molar-refractivity contribution in [2.24, 2.45) is 0 Å². The first-order valence-electron chi connectivity index (χ1n) is 10.7. The first-order chi connectivity index (χ1) is 14.6. The molecule has 0 radical (unpaired) electrons. The van der Waals surface area contributed by atoms with Gasteiger partial charge in [0.05, 0.1) is 6.20 Å². The summed E-state index contributed by atoms with van der Waals surface area (Å²) in [6.07, 6.45) is 8.34. The smallest absolute Gasteiger partial charge is 0.275 e. The number of aryl methyl sites for hydroxylation is 1. The molecule has 0 saturated carbocycles. The van der Waals surface area contributed by atoms with E-state index in [-0.39, 0.29) is 11.9 Å². The van der Waals surface area contributed by atoms with E-state index in [2.05, 4.69) is 22.1 Å². The lowest BCUT2D eigenvalue weighted by Crippen LogP contribution is -2.38.